The first-order chi connectivity index (χ1) is 4.35. The molecule has 1 aliphatic heterocycles. The summed E-state index contributed by atoms with van der Waals surface area (Å²) in [5.41, 5.74) is -0.297. The Kier molecular flexibility index (Phi) is 1.22. The first kappa shape index (κ1) is 7.38. The van der Waals surface area contributed by atoms with Crippen molar-refractivity contribution in [3.63, 3.8) is 0 Å². The lowest BCUT2D eigenvalue weighted by Gasteiger charge is -2.32. The highest BCUT2D eigenvalue weighted by atomic mass is 16.2. The average Bonchev–Trinajstić information content (AvgIpc) is 1.73. The van der Waals surface area contributed by atoms with Crippen molar-refractivity contribution in [2.75, 3.05) is 0 Å². The maximum absolute atomic E-state index is 10.9. The lowest BCUT2D eigenvalue weighted by molar-refractivity contribution is 0.245. The molecule has 3 nitrogen and oxygen atoms in total. The van der Waals surface area contributed by atoms with Crippen LogP contribution in [0.3, 0.4) is 0 Å². The standard InChI is InChI=1S/C7H14N2O/c1-6(2)7(3,4)9-5(10)8-6/h1-4H3,(H2,8,9,10). The molecule has 0 atom stereocenters. The summed E-state index contributed by atoms with van der Waals surface area (Å²) >= 11 is 0. The van der Waals surface area contributed by atoms with Crippen LogP contribution in [0.15, 0.2) is 0 Å². The van der Waals surface area contributed by atoms with Gasteiger partial charge in [0.05, 0.1) is 11.1 Å². The predicted molar refractivity (Wildman–Crippen MR) is 39.8 cm³/mol. The lowest BCUT2D eigenvalue weighted by Crippen LogP contribution is -2.51. The molecule has 0 aromatic carbocycles. The van der Waals surface area contributed by atoms with Gasteiger partial charge in [-0.25, -0.2) is 4.79 Å². The highest BCUT2D eigenvalue weighted by Crippen LogP contribution is 2.24. The van der Waals surface area contributed by atoms with E-state index in [2.05, 4.69) is 10.6 Å². The Morgan fingerprint density at radius 1 is 1.00 bits per heavy atom. The first-order valence-electron chi connectivity index (χ1n) is 3.45. The van der Waals surface area contributed by atoms with Crippen molar-refractivity contribution in [1.82, 2.24) is 10.6 Å². The highest BCUT2D eigenvalue weighted by Gasteiger charge is 2.44. The molecule has 0 saturated carbocycles. The number of hydrogen-bond acceptors (Lipinski definition) is 1. The number of carbonyl (C=O) groups excluding carboxylic acids is 1. The summed E-state index contributed by atoms with van der Waals surface area (Å²) in [5, 5.41) is 5.67. The van der Waals surface area contributed by atoms with Crippen LogP contribution in [0, 0.1) is 0 Å². The van der Waals surface area contributed by atoms with Crippen molar-refractivity contribution >= 4 is 6.03 Å². The van der Waals surface area contributed by atoms with E-state index in [0.717, 1.165) is 0 Å². The molecule has 0 aliphatic carbocycles. The summed E-state index contributed by atoms with van der Waals surface area (Å²) in [6, 6.07) is -0.0741. The molecule has 1 aliphatic rings. The van der Waals surface area contributed by atoms with Crippen molar-refractivity contribution in [3.05, 3.63) is 0 Å². The summed E-state index contributed by atoms with van der Waals surface area (Å²) in [5.74, 6) is 0. The molecule has 1 saturated heterocycles. The molecule has 1 heterocycles. The quantitative estimate of drug-likeness (QED) is 0.517. The third-order valence-electron chi connectivity index (χ3n) is 2.41. The molecule has 0 spiro atoms. The Balaban J connectivity index is 2.88. The molecule has 0 aromatic rings. The van der Waals surface area contributed by atoms with E-state index in [1.54, 1.807) is 0 Å². The minimum atomic E-state index is -0.149. The molecular weight excluding hydrogens is 128 g/mol. The SMILES string of the molecule is CC1(C)NC(=O)NC1(C)C. The van der Waals surface area contributed by atoms with Gasteiger partial charge in [-0.3, -0.25) is 0 Å². The maximum Gasteiger partial charge on any atom is 0.315 e. The first-order valence-corrected chi connectivity index (χ1v) is 3.45. The summed E-state index contributed by atoms with van der Waals surface area (Å²) in [4.78, 5) is 10.9. The average molecular weight is 142 g/mol. The van der Waals surface area contributed by atoms with Gasteiger partial charge in [-0.15, -0.1) is 0 Å². The molecule has 3 heteroatoms. The van der Waals surface area contributed by atoms with Crippen LogP contribution in [0.1, 0.15) is 27.7 Å². The van der Waals surface area contributed by atoms with E-state index in [4.69, 9.17) is 0 Å². The number of carbonyl (C=O) groups is 1. The van der Waals surface area contributed by atoms with E-state index in [1.807, 2.05) is 27.7 Å². The topological polar surface area (TPSA) is 41.1 Å². The van der Waals surface area contributed by atoms with Crippen molar-refractivity contribution < 1.29 is 4.79 Å². The molecule has 2 N–H and O–H groups in total. The molecule has 2 amide bonds. The molecule has 0 aromatic heterocycles. The van der Waals surface area contributed by atoms with Crippen LogP contribution in [-0.2, 0) is 0 Å². The maximum atomic E-state index is 10.9. The zero-order chi connectivity index (χ0) is 7.99. The third-order valence-corrected chi connectivity index (χ3v) is 2.41. The van der Waals surface area contributed by atoms with Gasteiger partial charge < -0.3 is 10.6 Å². The fourth-order valence-electron chi connectivity index (χ4n) is 0.911. The van der Waals surface area contributed by atoms with Crippen LogP contribution < -0.4 is 10.6 Å². The Labute approximate surface area is 61.2 Å². The number of urea groups is 1. The second kappa shape index (κ2) is 1.65. The van der Waals surface area contributed by atoms with Gasteiger partial charge in [0.1, 0.15) is 0 Å². The molecule has 0 unspecified atom stereocenters. The van der Waals surface area contributed by atoms with E-state index in [1.165, 1.54) is 0 Å². The monoisotopic (exact) mass is 142 g/mol. The molecule has 1 rings (SSSR count). The Bertz CT molecular complexity index is 154. The second-order valence-corrected chi connectivity index (χ2v) is 3.83. The Morgan fingerprint density at radius 3 is 1.40 bits per heavy atom. The van der Waals surface area contributed by atoms with E-state index in [9.17, 15) is 4.79 Å². The van der Waals surface area contributed by atoms with Crippen LogP contribution in [-0.4, -0.2) is 17.1 Å². The molecule has 0 bridgehead atoms. The molecular formula is C7H14N2O. The van der Waals surface area contributed by atoms with Crippen LogP contribution >= 0.6 is 0 Å². The lowest BCUT2D eigenvalue weighted by atomic mass is 9.85. The Hall–Kier alpha value is -0.730. The van der Waals surface area contributed by atoms with E-state index in [-0.39, 0.29) is 17.1 Å². The summed E-state index contributed by atoms with van der Waals surface area (Å²) in [6.45, 7) is 8.02. The van der Waals surface area contributed by atoms with Crippen LogP contribution in [0.4, 0.5) is 4.79 Å². The van der Waals surface area contributed by atoms with Crippen LogP contribution in [0.5, 0.6) is 0 Å². The zero-order valence-electron chi connectivity index (χ0n) is 6.91. The molecule has 58 valence electrons. The molecule has 10 heavy (non-hydrogen) atoms. The van der Waals surface area contributed by atoms with Crippen molar-refractivity contribution in [2.24, 2.45) is 0 Å². The smallest absolute Gasteiger partial charge is 0.315 e. The number of amides is 2. The van der Waals surface area contributed by atoms with Gasteiger partial charge in [0.2, 0.25) is 0 Å². The van der Waals surface area contributed by atoms with Gasteiger partial charge in [-0.2, -0.15) is 0 Å². The van der Waals surface area contributed by atoms with Gasteiger partial charge in [0, 0.05) is 0 Å². The number of rotatable bonds is 0. The van der Waals surface area contributed by atoms with E-state index in [0.29, 0.717) is 0 Å². The van der Waals surface area contributed by atoms with E-state index >= 15 is 0 Å². The minimum Gasteiger partial charge on any atom is -0.331 e. The molecule has 0 radical (unpaired) electrons. The van der Waals surface area contributed by atoms with Gasteiger partial charge in [-0.1, -0.05) is 0 Å². The second-order valence-electron chi connectivity index (χ2n) is 3.83. The summed E-state index contributed by atoms with van der Waals surface area (Å²) in [7, 11) is 0. The zero-order valence-corrected chi connectivity index (χ0v) is 6.91. The van der Waals surface area contributed by atoms with Gasteiger partial charge in [-0.05, 0) is 27.7 Å². The summed E-state index contributed by atoms with van der Waals surface area (Å²) in [6.07, 6.45) is 0. The molecule has 1 fully saturated rings. The minimum absolute atomic E-state index is 0.0741. The fourth-order valence-corrected chi connectivity index (χ4v) is 0.911. The van der Waals surface area contributed by atoms with E-state index < -0.39 is 0 Å². The highest BCUT2D eigenvalue weighted by molar-refractivity contribution is 5.79. The summed E-state index contributed by atoms with van der Waals surface area (Å²) < 4.78 is 0. The van der Waals surface area contributed by atoms with Crippen LogP contribution in [0.2, 0.25) is 0 Å². The van der Waals surface area contributed by atoms with Crippen molar-refractivity contribution in [1.29, 1.82) is 0 Å². The largest absolute Gasteiger partial charge is 0.331 e. The Morgan fingerprint density at radius 2 is 1.30 bits per heavy atom. The number of nitrogens with one attached hydrogen (secondary N) is 2. The normalized spacial score (nSPS) is 27.4. The van der Waals surface area contributed by atoms with Gasteiger partial charge in [0.25, 0.3) is 0 Å². The van der Waals surface area contributed by atoms with Gasteiger partial charge >= 0.3 is 6.03 Å². The number of hydrogen-bond donors (Lipinski definition) is 2. The van der Waals surface area contributed by atoms with Crippen LogP contribution in [0.25, 0.3) is 0 Å². The predicted octanol–water partition coefficient (Wildman–Crippen LogP) is 0.856. The van der Waals surface area contributed by atoms with Gasteiger partial charge in [0.15, 0.2) is 0 Å². The van der Waals surface area contributed by atoms with Crippen molar-refractivity contribution in [3.8, 4) is 0 Å². The third kappa shape index (κ3) is 0.856. The fraction of sp³-hybridized carbons (Fsp3) is 0.857. The van der Waals surface area contributed by atoms with Crippen molar-refractivity contribution in [2.45, 2.75) is 38.8 Å².